The molecule has 1 atom stereocenters. The fourth-order valence-corrected chi connectivity index (χ4v) is 5.82. The standard InChI is InChI=1S/C31H32F3N7O3S/c1-19(2)25-14-5-20(3)15-26(25)41-27(42)17-45-30(41)37-29(43)36-22-8-6-21(7-9-22)16-39(4)28-35-18-40(38-28)23-10-12-24(13-11-23)44-31(32,33)34/h5-15,18-19,30H,16-17H2,1-4H3,(H2,36,37,43). The number of hydrogen-bond donors (Lipinski definition) is 2. The summed E-state index contributed by atoms with van der Waals surface area (Å²) < 4.78 is 42.6. The molecule has 0 bridgehead atoms. The van der Waals surface area contributed by atoms with Crippen molar-refractivity contribution in [1.29, 1.82) is 0 Å². The van der Waals surface area contributed by atoms with Crippen LogP contribution < -0.4 is 25.2 Å². The zero-order chi connectivity index (χ0) is 32.3. The van der Waals surface area contributed by atoms with Gasteiger partial charge in [0.05, 0.1) is 17.1 Å². The Hall–Kier alpha value is -4.72. The highest BCUT2D eigenvalue weighted by molar-refractivity contribution is 8.01. The van der Waals surface area contributed by atoms with E-state index in [0.717, 1.165) is 22.4 Å². The van der Waals surface area contributed by atoms with E-state index in [-0.39, 0.29) is 23.3 Å². The Bertz CT molecular complexity index is 1660. The Balaban J connectivity index is 1.17. The topological polar surface area (TPSA) is 105 Å². The van der Waals surface area contributed by atoms with Crippen LogP contribution >= 0.6 is 11.8 Å². The first kappa shape index (κ1) is 31.7. The van der Waals surface area contributed by atoms with Crippen molar-refractivity contribution in [1.82, 2.24) is 20.1 Å². The minimum atomic E-state index is -4.76. The number of aromatic nitrogens is 3. The molecule has 1 fully saturated rings. The number of halogens is 3. The first-order valence-electron chi connectivity index (χ1n) is 14.1. The Kier molecular flexibility index (Phi) is 9.23. The Morgan fingerprint density at radius 3 is 2.49 bits per heavy atom. The van der Waals surface area contributed by atoms with Gasteiger partial charge >= 0.3 is 12.4 Å². The maximum absolute atomic E-state index is 12.9. The van der Waals surface area contributed by atoms with Crippen LogP contribution in [0.2, 0.25) is 0 Å². The molecule has 5 rings (SSSR count). The molecule has 1 aliphatic rings. The molecule has 3 aromatic carbocycles. The van der Waals surface area contributed by atoms with E-state index >= 15 is 0 Å². The molecule has 1 unspecified atom stereocenters. The fourth-order valence-electron chi connectivity index (χ4n) is 4.81. The molecule has 2 heterocycles. The summed E-state index contributed by atoms with van der Waals surface area (Å²) in [5.74, 6) is 0.513. The van der Waals surface area contributed by atoms with Crippen LogP contribution in [0.1, 0.15) is 36.5 Å². The van der Waals surface area contributed by atoms with Crippen molar-refractivity contribution in [3.63, 3.8) is 0 Å². The van der Waals surface area contributed by atoms with Crippen LogP contribution in [-0.4, -0.2) is 51.4 Å². The highest BCUT2D eigenvalue weighted by Crippen LogP contribution is 2.35. The number of alkyl halides is 3. The third kappa shape index (κ3) is 7.87. The predicted octanol–water partition coefficient (Wildman–Crippen LogP) is 6.42. The van der Waals surface area contributed by atoms with Crippen molar-refractivity contribution >= 4 is 41.0 Å². The zero-order valence-electron chi connectivity index (χ0n) is 25.0. The van der Waals surface area contributed by atoms with Crippen LogP contribution in [0.3, 0.4) is 0 Å². The van der Waals surface area contributed by atoms with E-state index in [1.54, 1.807) is 17.0 Å². The number of hydrogen-bond acceptors (Lipinski definition) is 7. The lowest BCUT2D eigenvalue weighted by Crippen LogP contribution is -2.46. The lowest BCUT2D eigenvalue weighted by Gasteiger charge is -2.28. The maximum Gasteiger partial charge on any atom is 0.573 e. The van der Waals surface area contributed by atoms with Crippen LogP contribution in [-0.2, 0) is 11.3 Å². The van der Waals surface area contributed by atoms with E-state index < -0.39 is 17.9 Å². The number of anilines is 3. The molecule has 14 heteroatoms. The van der Waals surface area contributed by atoms with Gasteiger partial charge in [-0.05, 0) is 72.0 Å². The molecule has 0 saturated carbocycles. The van der Waals surface area contributed by atoms with Crippen molar-refractivity contribution in [3.8, 4) is 11.4 Å². The Morgan fingerprint density at radius 2 is 1.82 bits per heavy atom. The van der Waals surface area contributed by atoms with Crippen LogP contribution in [0, 0.1) is 6.92 Å². The number of ether oxygens (including phenoxy) is 1. The fraction of sp³-hybridized carbons (Fsp3) is 0.290. The Morgan fingerprint density at radius 1 is 1.11 bits per heavy atom. The monoisotopic (exact) mass is 639 g/mol. The number of thioether (sulfide) groups is 1. The minimum Gasteiger partial charge on any atom is -0.406 e. The van der Waals surface area contributed by atoms with Crippen molar-refractivity contribution in [2.24, 2.45) is 0 Å². The lowest BCUT2D eigenvalue weighted by molar-refractivity contribution is -0.274. The summed E-state index contributed by atoms with van der Waals surface area (Å²) in [5, 5.41) is 10.2. The summed E-state index contributed by atoms with van der Waals surface area (Å²) >= 11 is 1.37. The molecular weight excluding hydrogens is 607 g/mol. The molecule has 1 aliphatic heterocycles. The van der Waals surface area contributed by atoms with Crippen molar-refractivity contribution in [3.05, 3.63) is 89.7 Å². The molecule has 1 saturated heterocycles. The van der Waals surface area contributed by atoms with Gasteiger partial charge in [0.25, 0.3) is 0 Å². The number of amides is 3. The second kappa shape index (κ2) is 13.1. The van der Waals surface area contributed by atoms with E-state index in [1.165, 1.54) is 47.0 Å². The number of carbonyl (C=O) groups is 2. The van der Waals surface area contributed by atoms with Gasteiger partial charge in [-0.15, -0.1) is 30.0 Å². The molecule has 10 nitrogen and oxygen atoms in total. The van der Waals surface area contributed by atoms with Crippen molar-refractivity contribution in [2.75, 3.05) is 27.9 Å². The third-order valence-corrected chi connectivity index (χ3v) is 8.04. The summed E-state index contributed by atoms with van der Waals surface area (Å²) in [5.41, 5.74) is 4.38. The summed E-state index contributed by atoms with van der Waals surface area (Å²) in [4.78, 5) is 33.6. The van der Waals surface area contributed by atoms with Gasteiger partial charge in [0.2, 0.25) is 11.9 Å². The second-order valence-corrected chi connectivity index (χ2v) is 11.9. The van der Waals surface area contributed by atoms with Gasteiger partial charge in [0.15, 0.2) is 5.50 Å². The van der Waals surface area contributed by atoms with Gasteiger partial charge in [0, 0.05) is 19.3 Å². The number of nitrogens with one attached hydrogen (secondary N) is 2. The number of aryl methyl sites for hydroxylation is 1. The van der Waals surface area contributed by atoms with Crippen LogP contribution in [0.4, 0.5) is 35.3 Å². The van der Waals surface area contributed by atoms with E-state index in [9.17, 15) is 22.8 Å². The van der Waals surface area contributed by atoms with Gasteiger partial charge < -0.3 is 20.3 Å². The van der Waals surface area contributed by atoms with Crippen LogP contribution in [0.15, 0.2) is 73.1 Å². The van der Waals surface area contributed by atoms with E-state index in [4.69, 9.17) is 0 Å². The van der Waals surface area contributed by atoms with Gasteiger partial charge in [-0.3, -0.25) is 9.69 Å². The largest absolute Gasteiger partial charge is 0.573 e. The predicted molar refractivity (Wildman–Crippen MR) is 168 cm³/mol. The normalized spacial score (nSPS) is 15.0. The molecule has 1 aromatic heterocycles. The number of urea groups is 1. The van der Waals surface area contributed by atoms with Gasteiger partial charge in [-0.2, -0.15) is 4.98 Å². The number of carbonyl (C=O) groups excluding carboxylic acids is 2. The molecular formula is C31H32F3N7O3S. The number of benzene rings is 3. The molecule has 236 valence electrons. The molecule has 4 aromatic rings. The van der Waals surface area contributed by atoms with E-state index in [0.29, 0.717) is 23.9 Å². The quantitative estimate of drug-likeness (QED) is 0.218. The molecule has 0 spiro atoms. The van der Waals surface area contributed by atoms with E-state index in [2.05, 4.69) is 39.3 Å². The highest BCUT2D eigenvalue weighted by atomic mass is 32.2. The maximum atomic E-state index is 12.9. The van der Waals surface area contributed by atoms with E-state index in [1.807, 2.05) is 49.2 Å². The number of nitrogens with zero attached hydrogens (tertiary/aromatic N) is 5. The SMILES string of the molecule is Cc1ccc(C(C)C)c(N2C(=O)CSC2NC(=O)Nc2ccc(CN(C)c3ncn(-c4ccc(OC(F)(F)F)cc4)n3)cc2)c1. The molecule has 0 radical (unpaired) electrons. The van der Waals surface area contributed by atoms with Crippen LogP contribution in [0.25, 0.3) is 5.69 Å². The smallest absolute Gasteiger partial charge is 0.406 e. The van der Waals surface area contributed by atoms with Gasteiger partial charge in [-0.1, -0.05) is 38.1 Å². The summed E-state index contributed by atoms with van der Waals surface area (Å²) in [6.07, 6.45) is -3.29. The molecule has 45 heavy (non-hydrogen) atoms. The third-order valence-electron chi connectivity index (χ3n) is 6.98. The van der Waals surface area contributed by atoms with Crippen molar-refractivity contribution < 1.29 is 27.5 Å². The Labute approximate surface area is 262 Å². The summed E-state index contributed by atoms with van der Waals surface area (Å²) in [6, 6.07) is 18.2. The second-order valence-electron chi connectivity index (χ2n) is 10.8. The zero-order valence-corrected chi connectivity index (χ0v) is 25.8. The summed E-state index contributed by atoms with van der Waals surface area (Å²) in [6.45, 7) is 6.58. The first-order chi connectivity index (χ1) is 21.4. The molecule has 2 N–H and O–H groups in total. The van der Waals surface area contributed by atoms with Gasteiger partial charge in [0.1, 0.15) is 12.1 Å². The number of rotatable bonds is 9. The molecule has 3 amide bonds. The molecule has 0 aliphatic carbocycles. The average molecular weight is 640 g/mol. The minimum absolute atomic E-state index is 0.0564. The van der Waals surface area contributed by atoms with Crippen molar-refractivity contribution in [2.45, 2.75) is 45.1 Å². The van der Waals surface area contributed by atoms with Crippen LogP contribution in [0.5, 0.6) is 5.75 Å². The lowest BCUT2D eigenvalue weighted by atomic mass is 9.98. The highest BCUT2D eigenvalue weighted by Gasteiger charge is 2.35. The average Bonchev–Trinajstić information content (AvgIpc) is 3.60. The summed E-state index contributed by atoms with van der Waals surface area (Å²) in [7, 11) is 1.81. The first-order valence-corrected chi connectivity index (χ1v) is 15.1. The van der Waals surface area contributed by atoms with Gasteiger partial charge in [-0.25, -0.2) is 9.48 Å².